The van der Waals surface area contributed by atoms with Crippen molar-refractivity contribution >= 4 is 39.9 Å². The van der Waals surface area contributed by atoms with E-state index >= 15 is 0 Å². The van der Waals surface area contributed by atoms with E-state index in [9.17, 15) is 9.59 Å². The van der Waals surface area contributed by atoms with Crippen molar-refractivity contribution in [2.45, 2.75) is 43.9 Å². The van der Waals surface area contributed by atoms with Crippen molar-refractivity contribution in [1.82, 2.24) is 10.1 Å². The summed E-state index contributed by atoms with van der Waals surface area (Å²) in [5.74, 6) is -0.149. The number of rotatable bonds is 6. The molecule has 2 heterocycles. The van der Waals surface area contributed by atoms with Crippen molar-refractivity contribution in [2.75, 3.05) is 11.9 Å². The van der Waals surface area contributed by atoms with Crippen molar-refractivity contribution in [3.8, 4) is 11.3 Å². The molecule has 5 rings (SSSR count). The summed E-state index contributed by atoms with van der Waals surface area (Å²) in [5, 5.41) is 8.26. The van der Waals surface area contributed by atoms with Gasteiger partial charge in [-0.25, -0.2) is 4.98 Å². The second-order valence-corrected chi connectivity index (χ2v) is 9.31. The van der Waals surface area contributed by atoms with Gasteiger partial charge < -0.3 is 14.6 Å². The predicted molar refractivity (Wildman–Crippen MR) is 116 cm³/mol. The van der Waals surface area contributed by atoms with Gasteiger partial charge in [-0.1, -0.05) is 16.8 Å². The fourth-order valence-corrected chi connectivity index (χ4v) is 5.10. The van der Waals surface area contributed by atoms with Crippen LogP contribution in [0.25, 0.3) is 11.3 Å². The maximum Gasteiger partial charge on any atom is 0.315 e. The Morgan fingerprint density at radius 3 is 2.81 bits per heavy atom. The summed E-state index contributed by atoms with van der Waals surface area (Å²) < 4.78 is 10.6. The second kappa shape index (κ2) is 7.76. The molecule has 2 aromatic heterocycles. The number of anilines is 1. The molecule has 0 aliphatic heterocycles. The number of carbonyl (C=O) groups excluding carboxylic acids is 2. The molecule has 1 atom stereocenters. The lowest BCUT2D eigenvalue weighted by Gasteiger charge is -2.11. The number of thiazole rings is 1. The molecule has 0 saturated heterocycles. The van der Waals surface area contributed by atoms with E-state index in [1.807, 2.05) is 18.2 Å². The minimum absolute atomic E-state index is 0.149. The van der Waals surface area contributed by atoms with Gasteiger partial charge in [-0.3, -0.25) is 9.59 Å². The highest BCUT2D eigenvalue weighted by Crippen LogP contribution is 2.49. The number of hydrogen-bond donors (Lipinski definition) is 1. The molecule has 7 nitrogen and oxygen atoms in total. The Morgan fingerprint density at radius 2 is 2.10 bits per heavy atom. The number of fused-ring (bicyclic) bond motifs is 1. The monoisotopic (exact) mass is 457 g/mol. The standard InChI is InChI=1S/C22H20ClN3O4S/c1-2-29-19(27)14-7-8-16-18(14)24-21(31-16)25-20(28)22(9-10-22)17-11-15(30-26-17)12-3-5-13(23)6-4-12/h3-6,11,14H,2,7-10H2,1H3,(H,24,25,28). The topological polar surface area (TPSA) is 94.3 Å². The van der Waals surface area contributed by atoms with Crippen molar-refractivity contribution in [2.24, 2.45) is 0 Å². The lowest BCUT2D eigenvalue weighted by atomic mass is 10.0. The van der Waals surface area contributed by atoms with Crippen LogP contribution in [0.4, 0.5) is 5.13 Å². The summed E-state index contributed by atoms with van der Waals surface area (Å²) in [6.45, 7) is 2.13. The Labute approximate surface area is 187 Å². The third-order valence-electron chi connectivity index (χ3n) is 5.82. The molecule has 0 bridgehead atoms. The second-order valence-electron chi connectivity index (χ2n) is 7.79. The van der Waals surface area contributed by atoms with E-state index < -0.39 is 5.41 Å². The van der Waals surface area contributed by atoms with Gasteiger partial charge in [0.15, 0.2) is 10.9 Å². The predicted octanol–water partition coefficient (Wildman–Crippen LogP) is 4.71. The highest BCUT2D eigenvalue weighted by atomic mass is 35.5. The van der Waals surface area contributed by atoms with Crippen LogP contribution < -0.4 is 5.32 Å². The third-order valence-corrected chi connectivity index (χ3v) is 7.12. The molecule has 0 spiro atoms. The fourth-order valence-electron chi connectivity index (χ4n) is 3.95. The number of nitrogens with zero attached hydrogens (tertiary/aromatic N) is 2. The normalized spacial score (nSPS) is 18.5. The van der Waals surface area contributed by atoms with E-state index in [4.69, 9.17) is 20.9 Å². The Bertz CT molecular complexity index is 1150. The van der Waals surface area contributed by atoms with Crippen molar-refractivity contribution in [3.05, 3.63) is 51.6 Å². The van der Waals surface area contributed by atoms with E-state index in [2.05, 4.69) is 15.5 Å². The third kappa shape index (κ3) is 3.64. The van der Waals surface area contributed by atoms with Crippen LogP contribution in [0.2, 0.25) is 5.02 Å². The quantitative estimate of drug-likeness (QED) is 0.538. The minimum Gasteiger partial charge on any atom is -0.465 e. The Balaban J connectivity index is 1.32. The van der Waals surface area contributed by atoms with Crippen LogP contribution >= 0.6 is 22.9 Å². The van der Waals surface area contributed by atoms with Crippen LogP contribution in [0.15, 0.2) is 34.9 Å². The van der Waals surface area contributed by atoms with Gasteiger partial charge in [-0.15, -0.1) is 11.3 Å². The molecule has 2 aliphatic carbocycles. The van der Waals surface area contributed by atoms with Crippen LogP contribution in [0.5, 0.6) is 0 Å². The largest absolute Gasteiger partial charge is 0.465 e. The van der Waals surface area contributed by atoms with Crippen molar-refractivity contribution in [3.63, 3.8) is 0 Å². The molecule has 1 saturated carbocycles. The smallest absolute Gasteiger partial charge is 0.315 e. The van der Waals surface area contributed by atoms with Gasteiger partial charge in [-0.05, 0) is 56.9 Å². The summed E-state index contributed by atoms with van der Waals surface area (Å²) >= 11 is 7.37. The first-order valence-corrected chi connectivity index (χ1v) is 11.4. The van der Waals surface area contributed by atoms with Crippen molar-refractivity contribution in [1.29, 1.82) is 0 Å². The van der Waals surface area contributed by atoms with Gasteiger partial charge in [-0.2, -0.15) is 0 Å². The molecule has 1 unspecified atom stereocenters. The zero-order valence-electron chi connectivity index (χ0n) is 16.8. The molecule has 1 fully saturated rings. The van der Waals surface area contributed by atoms with E-state index in [-0.39, 0.29) is 17.8 Å². The average molecular weight is 458 g/mol. The molecule has 0 radical (unpaired) electrons. The van der Waals surface area contributed by atoms with Crippen molar-refractivity contribution < 1.29 is 18.8 Å². The molecular weight excluding hydrogens is 438 g/mol. The molecule has 2 aliphatic rings. The zero-order chi connectivity index (χ0) is 21.6. The first-order chi connectivity index (χ1) is 15.0. The van der Waals surface area contributed by atoms with Gasteiger partial charge in [0.1, 0.15) is 5.92 Å². The number of amides is 1. The molecule has 1 aromatic carbocycles. The summed E-state index contributed by atoms with van der Waals surface area (Å²) in [5.41, 5.74) is 1.49. The first-order valence-electron chi connectivity index (χ1n) is 10.2. The number of aromatic nitrogens is 2. The molecule has 9 heteroatoms. The number of esters is 1. The molecule has 1 amide bonds. The highest BCUT2D eigenvalue weighted by molar-refractivity contribution is 7.16. The lowest BCUT2D eigenvalue weighted by Crippen LogP contribution is -2.28. The fraction of sp³-hybridized carbons (Fsp3) is 0.364. The number of nitrogens with one attached hydrogen (secondary N) is 1. The van der Waals surface area contributed by atoms with Gasteiger partial charge in [0.05, 0.1) is 23.4 Å². The maximum atomic E-state index is 13.1. The summed E-state index contributed by atoms with van der Waals surface area (Å²) in [4.78, 5) is 30.8. The van der Waals surface area contributed by atoms with Crippen LogP contribution in [0.3, 0.4) is 0 Å². The zero-order valence-corrected chi connectivity index (χ0v) is 18.4. The van der Waals surface area contributed by atoms with Gasteiger partial charge in [0, 0.05) is 21.5 Å². The highest BCUT2D eigenvalue weighted by Gasteiger charge is 2.54. The number of benzene rings is 1. The molecule has 1 N–H and O–H groups in total. The molecule has 31 heavy (non-hydrogen) atoms. The summed E-state index contributed by atoms with van der Waals surface area (Å²) in [6.07, 6.45) is 2.87. The number of aryl methyl sites for hydroxylation is 1. The lowest BCUT2D eigenvalue weighted by molar-refractivity contribution is -0.145. The number of ether oxygens (including phenoxy) is 1. The summed E-state index contributed by atoms with van der Waals surface area (Å²) in [7, 11) is 0. The maximum absolute atomic E-state index is 13.1. The molecule has 3 aromatic rings. The van der Waals surface area contributed by atoms with Crippen LogP contribution in [0.1, 0.15) is 48.4 Å². The Morgan fingerprint density at radius 1 is 1.32 bits per heavy atom. The van der Waals surface area contributed by atoms with E-state index in [0.29, 0.717) is 47.5 Å². The first kappa shape index (κ1) is 20.2. The van der Waals surface area contributed by atoms with E-state index in [1.165, 1.54) is 11.3 Å². The van der Waals surface area contributed by atoms with Gasteiger partial charge in [0.2, 0.25) is 5.91 Å². The van der Waals surface area contributed by atoms with Crippen LogP contribution in [0, 0.1) is 0 Å². The Kier molecular flexibility index (Phi) is 5.06. The van der Waals surface area contributed by atoms with E-state index in [1.54, 1.807) is 19.1 Å². The number of hydrogen-bond acceptors (Lipinski definition) is 7. The number of carbonyl (C=O) groups is 2. The number of halogens is 1. The van der Waals surface area contributed by atoms with Crippen LogP contribution in [-0.2, 0) is 26.2 Å². The van der Waals surface area contributed by atoms with Gasteiger partial charge in [0.25, 0.3) is 0 Å². The minimum atomic E-state index is -0.704. The van der Waals surface area contributed by atoms with E-state index in [0.717, 1.165) is 22.6 Å². The molecular formula is C22H20ClN3O4S. The van der Waals surface area contributed by atoms with Crippen LogP contribution in [-0.4, -0.2) is 28.6 Å². The van der Waals surface area contributed by atoms with Gasteiger partial charge >= 0.3 is 5.97 Å². The SMILES string of the molecule is CCOC(=O)C1CCc2sc(NC(=O)C3(c4cc(-c5ccc(Cl)cc5)on4)CC3)nc21. The average Bonchev–Trinajstić information content (AvgIpc) is 3.07. The Hall–Kier alpha value is -2.71. The summed E-state index contributed by atoms with van der Waals surface area (Å²) in [6, 6.07) is 9.08. The molecule has 160 valence electrons.